The lowest BCUT2D eigenvalue weighted by molar-refractivity contribution is -0.137. The highest BCUT2D eigenvalue weighted by Crippen LogP contribution is 2.27. The number of amides is 4. The summed E-state index contributed by atoms with van der Waals surface area (Å²) in [5, 5.41) is 14.0. The number of benzene rings is 1. The Hall–Kier alpha value is -3.68. The smallest absolute Gasteiger partial charge is 0.271 e. The van der Waals surface area contributed by atoms with Crippen LogP contribution in [0.5, 0.6) is 0 Å². The van der Waals surface area contributed by atoms with Gasteiger partial charge in [0.25, 0.3) is 11.8 Å². The summed E-state index contributed by atoms with van der Waals surface area (Å²) < 4.78 is 0. The van der Waals surface area contributed by atoms with Gasteiger partial charge in [-0.15, -0.1) is 22.7 Å². The minimum Gasteiger partial charge on any atom is -0.351 e. The lowest BCUT2D eigenvalue weighted by atomic mass is 9.95. The van der Waals surface area contributed by atoms with Gasteiger partial charge in [-0.3, -0.25) is 19.2 Å². The van der Waals surface area contributed by atoms with Gasteiger partial charge in [-0.25, -0.2) is 9.97 Å². The molecular formula is C35H47N7O4S2. The third-order valence-electron chi connectivity index (χ3n) is 8.84. The van der Waals surface area contributed by atoms with E-state index in [1.807, 2.05) is 35.2 Å². The van der Waals surface area contributed by atoms with Crippen molar-refractivity contribution in [2.75, 3.05) is 39.8 Å². The van der Waals surface area contributed by atoms with E-state index in [-0.39, 0.29) is 47.7 Å². The average molecular weight is 694 g/mol. The minimum absolute atomic E-state index is 0.0257. The van der Waals surface area contributed by atoms with Gasteiger partial charge in [-0.05, 0) is 70.1 Å². The van der Waals surface area contributed by atoms with Crippen molar-refractivity contribution in [3.05, 3.63) is 68.1 Å². The van der Waals surface area contributed by atoms with Crippen LogP contribution < -0.4 is 16.0 Å². The molecule has 2 aromatic heterocycles. The van der Waals surface area contributed by atoms with Crippen LogP contribution in [-0.2, 0) is 16.0 Å². The maximum absolute atomic E-state index is 13.6. The third kappa shape index (κ3) is 9.93. The normalized spacial score (nSPS) is 21.2. The molecule has 48 heavy (non-hydrogen) atoms. The molecule has 5 rings (SSSR count). The van der Waals surface area contributed by atoms with E-state index in [0.717, 1.165) is 31.5 Å². The van der Waals surface area contributed by atoms with E-state index >= 15 is 0 Å². The maximum atomic E-state index is 13.6. The summed E-state index contributed by atoms with van der Waals surface area (Å²) in [4.78, 5) is 67.0. The first-order valence-corrected chi connectivity index (χ1v) is 18.7. The number of hydrogen-bond donors (Lipinski definition) is 3. The molecule has 13 heteroatoms. The summed E-state index contributed by atoms with van der Waals surface area (Å²) in [7, 11) is 2.08. The van der Waals surface area contributed by atoms with Crippen LogP contribution in [0.15, 0.2) is 41.1 Å². The highest BCUT2D eigenvalue weighted by molar-refractivity contribution is 7.10. The number of carbonyl (C=O) groups is 4. The lowest BCUT2D eigenvalue weighted by Gasteiger charge is -2.32. The SMILES string of the molecule is CC(C)C[C@@H]1NC(=O)CCCN(C(=O)C2CCN(C)CC2)CCCNC(=O)c2csc(n2)[C@H](Cc2ccccc2)NC(=O)c2csc1n2. The monoisotopic (exact) mass is 693 g/mol. The number of hydrogen-bond acceptors (Lipinski definition) is 9. The van der Waals surface area contributed by atoms with Crippen molar-refractivity contribution in [2.24, 2.45) is 11.8 Å². The van der Waals surface area contributed by atoms with Crippen molar-refractivity contribution in [2.45, 2.75) is 70.9 Å². The first-order chi connectivity index (χ1) is 23.2. The van der Waals surface area contributed by atoms with Crippen LogP contribution >= 0.6 is 22.7 Å². The Morgan fingerprint density at radius 1 is 0.875 bits per heavy atom. The third-order valence-corrected chi connectivity index (χ3v) is 10.8. The molecule has 2 atom stereocenters. The van der Waals surface area contributed by atoms with E-state index < -0.39 is 6.04 Å². The number of nitrogens with one attached hydrogen (secondary N) is 3. The van der Waals surface area contributed by atoms with Crippen LogP contribution in [0.3, 0.4) is 0 Å². The van der Waals surface area contributed by atoms with Crippen molar-refractivity contribution >= 4 is 46.3 Å². The predicted molar refractivity (Wildman–Crippen MR) is 188 cm³/mol. The minimum atomic E-state index is -0.476. The number of piperidine rings is 1. The molecule has 1 saturated heterocycles. The molecule has 0 saturated carbocycles. The molecule has 0 spiro atoms. The van der Waals surface area contributed by atoms with Gasteiger partial charge in [0.1, 0.15) is 21.4 Å². The molecule has 2 aliphatic rings. The predicted octanol–water partition coefficient (Wildman–Crippen LogP) is 4.60. The van der Waals surface area contributed by atoms with Crippen LogP contribution in [0.2, 0.25) is 0 Å². The lowest BCUT2D eigenvalue weighted by Crippen LogP contribution is -2.43. The number of nitrogens with zero attached hydrogens (tertiary/aromatic N) is 4. The number of fused-ring (bicyclic) bond motifs is 4. The van der Waals surface area contributed by atoms with Crippen molar-refractivity contribution in [3.63, 3.8) is 0 Å². The van der Waals surface area contributed by atoms with Gasteiger partial charge in [-0.2, -0.15) is 0 Å². The second-order valence-corrected chi connectivity index (χ2v) is 15.0. The Labute approximate surface area is 290 Å². The topological polar surface area (TPSA) is 137 Å². The Kier molecular flexibility index (Phi) is 12.7. The van der Waals surface area contributed by atoms with Crippen molar-refractivity contribution in [1.82, 2.24) is 35.7 Å². The van der Waals surface area contributed by atoms with Gasteiger partial charge < -0.3 is 25.8 Å². The molecule has 4 bridgehead atoms. The molecule has 2 aliphatic heterocycles. The fourth-order valence-corrected chi connectivity index (χ4v) is 7.90. The summed E-state index contributed by atoms with van der Waals surface area (Å²) in [6, 6.07) is 9.03. The molecule has 0 unspecified atom stereocenters. The van der Waals surface area contributed by atoms with Crippen molar-refractivity contribution in [3.8, 4) is 0 Å². The van der Waals surface area contributed by atoms with Gasteiger partial charge in [0, 0.05) is 42.7 Å². The molecule has 4 heterocycles. The van der Waals surface area contributed by atoms with Gasteiger partial charge in [-0.1, -0.05) is 44.2 Å². The number of carbonyl (C=O) groups excluding carboxylic acids is 4. The van der Waals surface area contributed by atoms with Crippen molar-refractivity contribution < 1.29 is 19.2 Å². The van der Waals surface area contributed by atoms with Gasteiger partial charge >= 0.3 is 0 Å². The van der Waals surface area contributed by atoms with Gasteiger partial charge in [0.2, 0.25) is 11.8 Å². The Morgan fingerprint density at radius 3 is 2.21 bits per heavy atom. The van der Waals surface area contributed by atoms with Crippen LogP contribution in [-0.4, -0.2) is 83.2 Å². The molecule has 0 radical (unpaired) electrons. The Bertz CT molecular complexity index is 1530. The fourth-order valence-electron chi connectivity index (χ4n) is 6.18. The van der Waals surface area contributed by atoms with Crippen molar-refractivity contribution in [1.29, 1.82) is 0 Å². The quantitative estimate of drug-likeness (QED) is 0.356. The van der Waals surface area contributed by atoms with E-state index in [2.05, 4.69) is 51.7 Å². The first kappa shape index (κ1) is 35.6. The zero-order chi connectivity index (χ0) is 34.0. The molecule has 0 aliphatic carbocycles. The van der Waals surface area contributed by atoms with E-state index in [1.165, 1.54) is 22.7 Å². The number of rotatable bonds is 5. The average Bonchev–Trinajstić information content (AvgIpc) is 3.77. The van der Waals surface area contributed by atoms with Gasteiger partial charge in [0.05, 0.1) is 12.1 Å². The second-order valence-electron chi connectivity index (χ2n) is 13.2. The highest BCUT2D eigenvalue weighted by atomic mass is 32.1. The first-order valence-electron chi connectivity index (χ1n) is 17.0. The highest BCUT2D eigenvalue weighted by Gasteiger charge is 2.29. The van der Waals surface area contributed by atoms with Crippen LogP contribution in [0.1, 0.15) is 101 Å². The van der Waals surface area contributed by atoms with E-state index in [4.69, 9.17) is 0 Å². The molecule has 1 aromatic carbocycles. The zero-order valence-corrected chi connectivity index (χ0v) is 29.7. The summed E-state index contributed by atoms with van der Waals surface area (Å²) >= 11 is 2.69. The number of aromatic nitrogens is 2. The molecule has 1 fully saturated rings. The van der Waals surface area contributed by atoms with Gasteiger partial charge in [0.15, 0.2) is 0 Å². The molecular weight excluding hydrogens is 647 g/mol. The van der Waals surface area contributed by atoms with Crippen LogP contribution in [0.4, 0.5) is 0 Å². The molecule has 258 valence electrons. The molecule has 11 nitrogen and oxygen atoms in total. The number of thiazole rings is 2. The van der Waals surface area contributed by atoms with E-state index in [1.54, 1.807) is 10.8 Å². The van der Waals surface area contributed by atoms with E-state index in [0.29, 0.717) is 66.9 Å². The van der Waals surface area contributed by atoms with E-state index in [9.17, 15) is 19.2 Å². The largest absolute Gasteiger partial charge is 0.351 e. The molecule has 3 N–H and O–H groups in total. The summed E-state index contributed by atoms with van der Waals surface area (Å²) in [5.74, 6) is -0.338. The van der Waals surface area contributed by atoms with Crippen LogP contribution in [0.25, 0.3) is 0 Å². The number of likely N-dealkylation sites (tertiary alicyclic amines) is 1. The zero-order valence-electron chi connectivity index (χ0n) is 28.1. The Morgan fingerprint density at radius 2 is 1.52 bits per heavy atom. The maximum Gasteiger partial charge on any atom is 0.271 e. The summed E-state index contributed by atoms with van der Waals surface area (Å²) in [5.41, 5.74) is 1.59. The summed E-state index contributed by atoms with van der Waals surface area (Å²) in [6.07, 6.45) is 4.21. The van der Waals surface area contributed by atoms with Crippen LogP contribution in [0, 0.1) is 11.8 Å². The molecule has 3 aromatic rings. The second kappa shape index (κ2) is 17.1. The fraction of sp³-hybridized carbons (Fsp3) is 0.543. The molecule has 4 amide bonds. The standard InChI is InChI=1S/C35H47N7O4S2/c1-23(2)19-26-33-40-29(22-48-33)32(45)38-27(20-24-9-5-4-6-10-24)34-39-28(21-47-34)31(44)36-14-8-16-42(15-7-11-30(43)37-26)35(46)25-12-17-41(3)18-13-25/h4-6,9-10,21-23,25-27H,7-8,11-20H2,1-3H3,(H,36,44)(H,37,43)(H,38,45)/t26-,27-/m0/s1. The Balaban J connectivity index is 1.38. The summed E-state index contributed by atoms with van der Waals surface area (Å²) in [6.45, 7) is 7.32.